The highest BCUT2D eigenvalue weighted by Gasteiger charge is 2.25. The van der Waals surface area contributed by atoms with Crippen LogP contribution in [0.15, 0.2) is 24.9 Å². The molecule has 146 valence electrons. The summed E-state index contributed by atoms with van der Waals surface area (Å²) >= 11 is 1.82. The van der Waals surface area contributed by atoms with E-state index in [9.17, 15) is 4.79 Å². The molecule has 6 nitrogen and oxygen atoms in total. The number of nitrogens with zero attached hydrogens (tertiary/aromatic N) is 5. The molecule has 1 atom stereocenters. The smallest absolute Gasteiger partial charge is 0.219 e. The number of hydrogen-bond donors (Lipinski definition) is 0. The van der Waals surface area contributed by atoms with Crippen LogP contribution in [-0.2, 0) is 17.9 Å². The SMILES string of the molecule is CC(=O)N(Cc1cncnc1)C1CCCN(Cc2ncc(C(C)C)s2)CC1. The van der Waals surface area contributed by atoms with Gasteiger partial charge in [-0.2, -0.15) is 0 Å². The number of carbonyl (C=O) groups is 1. The van der Waals surface area contributed by atoms with Crippen LogP contribution in [0.3, 0.4) is 0 Å². The summed E-state index contributed by atoms with van der Waals surface area (Å²) in [5.74, 6) is 0.662. The Balaban J connectivity index is 1.59. The second kappa shape index (κ2) is 9.37. The first-order valence-corrected chi connectivity index (χ1v) is 10.5. The first kappa shape index (κ1) is 19.9. The molecule has 0 radical (unpaired) electrons. The summed E-state index contributed by atoms with van der Waals surface area (Å²) in [6, 6.07) is 0.273. The van der Waals surface area contributed by atoms with Gasteiger partial charge >= 0.3 is 0 Å². The Kier molecular flexibility index (Phi) is 6.90. The fraction of sp³-hybridized carbons (Fsp3) is 0.600. The van der Waals surface area contributed by atoms with Crippen LogP contribution in [0, 0.1) is 0 Å². The van der Waals surface area contributed by atoms with E-state index in [1.807, 2.05) is 22.4 Å². The molecule has 27 heavy (non-hydrogen) atoms. The molecule has 0 N–H and O–H groups in total. The number of amides is 1. The van der Waals surface area contributed by atoms with E-state index in [0.717, 1.165) is 44.5 Å². The zero-order chi connectivity index (χ0) is 19.2. The van der Waals surface area contributed by atoms with E-state index in [4.69, 9.17) is 0 Å². The number of carbonyl (C=O) groups excluding carboxylic acids is 1. The van der Waals surface area contributed by atoms with Crippen LogP contribution < -0.4 is 0 Å². The molecule has 0 spiro atoms. The largest absolute Gasteiger partial charge is 0.335 e. The molecular formula is C20H29N5OS. The second-order valence-corrected chi connectivity index (χ2v) is 8.71. The lowest BCUT2D eigenvalue weighted by atomic mass is 10.1. The van der Waals surface area contributed by atoms with Crippen LogP contribution in [0.25, 0.3) is 0 Å². The molecule has 3 heterocycles. The third-order valence-electron chi connectivity index (χ3n) is 5.10. The van der Waals surface area contributed by atoms with Gasteiger partial charge in [-0.05, 0) is 31.7 Å². The highest BCUT2D eigenvalue weighted by atomic mass is 32.1. The van der Waals surface area contributed by atoms with Gasteiger partial charge in [-0.1, -0.05) is 13.8 Å². The average molecular weight is 388 g/mol. The van der Waals surface area contributed by atoms with Gasteiger partial charge in [-0.3, -0.25) is 9.69 Å². The lowest BCUT2D eigenvalue weighted by molar-refractivity contribution is -0.132. The molecule has 3 rings (SSSR count). The van der Waals surface area contributed by atoms with Crippen molar-refractivity contribution in [2.45, 2.75) is 65.1 Å². The van der Waals surface area contributed by atoms with Gasteiger partial charge in [-0.15, -0.1) is 11.3 Å². The Morgan fingerprint density at radius 2 is 2.04 bits per heavy atom. The number of aromatic nitrogens is 3. The predicted octanol–water partition coefficient (Wildman–Crippen LogP) is 3.46. The molecule has 0 aliphatic carbocycles. The van der Waals surface area contributed by atoms with Crippen LogP contribution in [0.2, 0.25) is 0 Å². The Morgan fingerprint density at radius 1 is 1.26 bits per heavy atom. The maximum Gasteiger partial charge on any atom is 0.219 e. The van der Waals surface area contributed by atoms with Gasteiger partial charge in [0.2, 0.25) is 5.91 Å². The van der Waals surface area contributed by atoms with Crippen LogP contribution >= 0.6 is 11.3 Å². The molecule has 2 aromatic rings. The highest BCUT2D eigenvalue weighted by Crippen LogP contribution is 2.25. The van der Waals surface area contributed by atoms with Gasteiger partial charge in [0.1, 0.15) is 11.3 Å². The molecule has 1 unspecified atom stereocenters. The third kappa shape index (κ3) is 5.56. The maximum absolute atomic E-state index is 12.3. The lowest BCUT2D eigenvalue weighted by Gasteiger charge is -2.30. The van der Waals surface area contributed by atoms with Gasteiger partial charge in [0.05, 0.1) is 6.54 Å². The molecular weight excluding hydrogens is 358 g/mol. The zero-order valence-electron chi connectivity index (χ0n) is 16.5. The Morgan fingerprint density at radius 3 is 2.70 bits per heavy atom. The molecule has 1 aliphatic rings. The fourth-order valence-electron chi connectivity index (χ4n) is 3.57. The molecule has 1 saturated heterocycles. The summed E-state index contributed by atoms with van der Waals surface area (Å²) in [6.07, 6.45) is 10.3. The van der Waals surface area contributed by atoms with Crippen molar-refractivity contribution in [2.24, 2.45) is 0 Å². The van der Waals surface area contributed by atoms with Crippen molar-refractivity contribution in [1.29, 1.82) is 0 Å². The summed E-state index contributed by atoms with van der Waals surface area (Å²) in [5.41, 5.74) is 0.984. The topological polar surface area (TPSA) is 62.2 Å². The lowest BCUT2D eigenvalue weighted by Crippen LogP contribution is -2.39. The van der Waals surface area contributed by atoms with E-state index < -0.39 is 0 Å². The zero-order valence-corrected chi connectivity index (χ0v) is 17.3. The molecule has 1 aliphatic heterocycles. The molecule has 0 aromatic carbocycles. The van der Waals surface area contributed by atoms with E-state index in [1.165, 1.54) is 16.2 Å². The van der Waals surface area contributed by atoms with Crippen molar-refractivity contribution in [2.75, 3.05) is 13.1 Å². The summed E-state index contributed by atoms with van der Waals surface area (Å²) in [5, 5.41) is 1.20. The predicted molar refractivity (Wildman–Crippen MR) is 107 cm³/mol. The third-order valence-corrected chi connectivity index (χ3v) is 6.38. The first-order chi connectivity index (χ1) is 13.0. The Bertz CT molecular complexity index is 733. The monoisotopic (exact) mass is 387 g/mol. The van der Waals surface area contributed by atoms with Gasteiger partial charge < -0.3 is 4.90 Å². The fourth-order valence-corrected chi connectivity index (χ4v) is 4.54. The van der Waals surface area contributed by atoms with E-state index >= 15 is 0 Å². The van der Waals surface area contributed by atoms with Crippen molar-refractivity contribution >= 4 is 17.2 Å². The van der Waals surface area contributed by atoms with Crippen molar-refractivity contribution < 1.29 is 4.79 Å². The van der Waals surface area contributed by atoms with Gasteiger partial charge in [0, 0.05) is 55.1 Å². The summed E-state index contributed by atoms with van der Waals surface area (Å²) in [7, 11) is 0. The average Bonchev–Trinajstić information content (AvgIpc) is 3.00. The van der Waals surface area contributed by atoms with Crippen molar-refractivity contribution in [3.05, 3.63) is 40.4 Å². The number of likely N-dealkylation sites (tertiary alicyclic amines) is 1. The van der Waals surface area contributed by atoms with Crippen LogP contribution in [0.1, 0.15) is 61.4 Å². The van der Waals surface area contributed by atoms with Crippen LogP contribution in [-0.4, -0.2) is 49.8 Å². The van der Waals surface area contributed by atoms with Crippen molar-refractivity contribution in [1.82, 2.24) is 24.8 Å². The standard InChI is InChI=1S/C20H29N5OS/c1-15(2)19-11-23-20(27-19)13-24-7-4-5-18(6-8-24)25(16(3)26)12-17-9-21-14-22-10-17/h9-11,14-15,18H,4-8,12-13H2,1-3H3. The Hall–Kier alpha value is -1.86. The van der Waals surface area contributed by atoms with E-state index in [1.54, 1.807) is 19.3 Å². The second-order valence-electron chi connectivity index (χ2n) is 7.57. The summed E-state index contributed by atoms with van der Waals surface area (Å²) < 4.78 is 0. The van der Waals surface area contributed by atoms with E-state index in [2.05, 4.69) is 33.7 Å². The van der Waals surface area contributed by atoms with Crippen LogP contribution in [0.5, 0.6) is 0 Å². The summed E-state index contributed by atoms with van der Waals surface area (Å²) in [6.45, 7) is 9.64. The number of hydrogen-bond acceptors (Lipinski definition) is 6. The molecule has 2 aromatic heterocycles. The quantitative estimate of drug-likeness (QED) is 0.760. The van der Waals surface area contributed by atoms with Crippen molar-refractivity contribution in [3.8, 4) is 0 Å². The Labute approximate surface area is 165 Å². The molecule has 0 bridgehead atoms. The van der Waals surface area contributed by atoms with Crippen LogP contribution in [0.4, 0.5) is 0 Å². The minimum Gasteiger partial charge on any atom is -0.335 e. The first-order valence-electron chi connectivity index (χ1n) is 9.71. The summed E-state index contributed by atoms with van der Waals surface area (Å²) in [4.78, 5) is 30.8. The highest BCUT2D eigenvalue weighted by molar-refractivity contribution is 7.11. The minimum atomic E-state index is 0.124. The molecule has 1 fully saturated rings. The number of rotatable bonds is 6. The van der Waals surface area contributed by atoms with Crippen molar-refractivity contribution in [3.63, 3.8) is 0 Å². The van der Waals surface area contributed by atoms with E-state index in [0.29, 0.717) is 12.5 Å². The molecule has 7 heteroatoms. The number of thiazole rings is 1. The maximum atomic E-state index is 12.3. The van der Waals surface area contributed by atoms with Gasteiger partial charge in [0.25, 0.3) is 0 Å². The van der Waals surface area contributed by atoms with Gasteiger partial charge in [-0.25, -0.2) is 15.0 Å². The normalized spacial score (nSPS) is 18.4. The molecule has 0 saturated carbocycles. The molecule has 1 amide bonds. The minimum absolute atomic E-state index is 0.124. The van der Waals surface area contributed by atoms with Gasteiger partial charge in [0.15, 0.2) is 0 Å². The van der Waals surface area contributed by atoms with E-state index in [-0.39, 0.29) is 11.9 Å².